The summed E-state index contributed by atoms with van der Waals surface area (Å²) in [4.78, 5) is 16.0. The molecule has 28 heavy (non-hydrogen) atoms. The Morgan fingerprint density at radius 2 is 2.00 bits per heavy atom. The summed E-state index contributed by atoms with van der Waals surface area (Å²) in [6, 6.07) is 6.57. The van der Waals surface area contributed by atoms with Crippen LogP contribution in [0.15, 0.2) is 42.7 Å². The highest BCUT2D eigenvalue weighted by atomic mass is 19.4. The smallest absolute Gasteiger partial charge is 0.419 e. The standard InChI is InChI=1S/C19H15F4N3O2/c1-3-28-18(27)15-9-16(12-5-4-6-24-10-12)26(25-15)13-7-11(2)17(20)14(8-13)19(21,22)23/h4-10H,3H2,1-2H3. The summed E-state index contributed by atoms with van der Waals surface area (Å²) in [5.41, 5.74) is -0.906. The summed E-state index contributed by atoms with van der Waals surface area (Å²) in [6.45, 7) is 2.96. The number of aromatic nitrogens is 3. The molecule has 0 aliphatic rings. The van der Waals surface area contributed by atoms with Gasteiger partial charge >= 0.3 is 12.1 Å². The number of carbonyl (C=O) groups is 1. The Morgan fingerprint density at radius 3 is 2.61 bits per heavy atom. The lowest BCUT2D eigenvalue weighted by molar-refractivity contribution is -0.140. The normalized spacial score (nSPS) is 11.5. The second-order valence-corrected chi connectivity index (χ2v) is 5.91. The summed E-state index contributed by atoms with van der Waals surface area (Å²) in [6.07, 6.45) is -1.87. The van der Waals surface area contributed by atoms with E-state index in [-0.39, 0.29) is 23.6 Å². The van der Waals surface area contributed by atoms with Crippen LogP contribution in [0.4, 0.5) is 17.6 Å². The highest BCUT2D eigenvalue weighted by molar-refractivity contribution is 5.89. The van der Waals surface area contributed by atoms with Crippen molar-refractivity contribution < 1.29 is 27.1 Å². The molecule has 0 fully saturated rings. The van der Waals surface area contributed by atoms with Gasteiger partial charge in [0, 0.05) is 18.0 Å². The van der Waals surface area contributed by atoms with Gasteiger partial charge in [0.2, 0.25) is 0 Å². The number of halogens is 4. The number of hydrogen-bond donors (Lipinski definition) is 0. The summed E-state index contributed by atoms with van der Waals surface area (Å²) in [5.74, 6) is -2.07. The second kappa shape index (κ2) is 7.41. The molecule has 0 unspecified atom stereocenters. The molecule has 9 heteroatoms. The third kappa shape index (κ3) is 3.73. The first-order valence-corrected chi connectivity index (χ1v) is 8.27. The van der Waals surface area contributed by atoms with Crippen molar-refractivity contribution in [3.8, 4) is 16.9 Å². The van der Waals surface area contributed by atoms with Crippen LogP contribution in [0, 0.1) is 12.7 Å². The number of rotatable bonds is 4. The van der Waals surface area contributed by atoms with Gasteiger partial charge in [0.1, 0.15) is 5.82 Å². The zero-order chi connectivity index (χ0) is 20.5. The number of alkyl halides is 3. The van der Waals surface area contributed by atoms with Crippen LogP contribution >= 0.6 is 0 Å². The molecule has 0 radical (unpaired) electrons. The Hall–Kier alpha value is -3.23. The van der Waals surface area contributed by atoms with Crippen molar-refractivity contribution in [1.29, 1.82) is 0 Å². The van der Waals surface area contributed by atoms with E-state index in [9.17, 15) is 22.4 Å². The molecule has 2 aromatic heterocycles. The largest absolute Gasteiger partial charge is 0.461 e. The van der Waals surface area contributed by atoms with E-state index in [1.807, 2.05) is 0 Å². The molecule has 3 rings (SSSR count). The number of nitrogens with zero attached hydrogens (tertiary/aromatic N) is 3. The van der Waals surface area contributed by atoms with E-state index in [1.165, 1.54) is 31.5 Å². The number of esters is 1. The molecule has 5 nitrogen and oxygen atoms in total. The number of carbonyl (C=O) groups excluding carboxylic acids is 1. The third-order valence-electron chi connectivity index (χ3n) is 3.94. The van der Waals surface area contributed by atoms with Crippen LogP contribution in [-0.4, -0.2) is 27.3 Å². The van der Waals surface area contributed by atoms with Gasteiger partial charge in [-0.2, -0.15) is 18.3 Å². The Bertz CT molecular complexity index is 1010. The van der Waals surface area contributed by atoms with Crippen molar-refractivity contribution in [3.63, 3.8) is 0 Å². The fourth-order valence-corrected chi connectivity index (χ4v) is 2.68. The first-order valence-electron chi connectivity index (χ1n) is 8.27. The summed E-state index contributed by atoms with van der Waals surface area (Å²) in [7, 11) is 0. The van der Waals surface area contributed by atoms with Gasteiger partial charge in [0.05, 0.1) is 23.6 Å². The van der Waals surface area contributed by atoms with Gasteiger partial charge in [-0.25, -0.2) is 13.9 Å². The first-order chi connectivity index (χ1) is 13.2. The monoisotopic (exact) mass is 393 g/mol. The van der Waals surface area contributed by atoms with Crippen LogP contribution in [0.2, 0.25) is 0 Å². The minimum Gasteiger partial charge on any atom is -0.461 e. The quantitative estimate of drug-likeness (QED) is 0.481. The molecule has 0 aliphatic carbocycles. The molecular weight excluding hydrogens is 378 g/mol. The third-order valence-corrected chi connectivity index (χ3v) is 3.94. The van der Waals surface area contributed by atoms with Gasteiger partial charge in [-0.3, -0.25) is 4.98 Å². The highest BCUT2D eigenvalue weighted by Crippen LogP contribution is 2.35. The van der Waals surface area contributed by atoms with E-state index in [0.717, 1.165) is 4.68 Å². The van der Waals surface area contributed by atoms with Crippen molar-refractivity contribution in [2.24, 2.45) is 0 Å². The lowest BCUT2D eigenvalue weighted by atomic mass is 10.1. The van der Waals surface area contributed by atoms with Gasteiger partial charge in [0.15, 0.2) is 5.69 Å². The molecule has 0 aliphatic heterocycles. The predicted molar refractivity (Wildman–Crippen MR) is 92.4 cm³/mol. The highest BCUT2D eigenvalue weighted by Gasteiger charge is 2.35. The van der Waals surface area contributed by atoms with Crippen LogP contribution in [-0.2, 0) is 10.9 Å². The van der Waals surface area contributed by atoms with Crippen LogP contribution in [0.5, 0.6) is 0 Å². The van der Waals surface area contributed by atoms with Crippen molar-refractivity contribution in [2.45, 2.75) is 20.0 Å². The van der Waals surface area contributed by atoms with Gasteiger partial charge in [-0.15, -0.1) is 0 Å². The maximum Gasteiger partial charge on any atom is 0.419 e. The average Bonchev–Trinajstić information content (AvgIpc) is 3.09. The van der Waals surface area contributed by atoms with E-state index in [2.05, 4.69) is 10.1 Å². The van der Waals surface area contributed by atoms with Crippen molar-refractivity contribution >= 4 is 5.97 Å². The lowest BCUT2D eigenvalue weighted by Crippen LogP contribution is -2.12. The molecule has 0 saturated heterocycles. The molecule has 146 valence electrons. The van der Waals surface area contributed by atoms with Gasteiger partial charge in [-0.1, -0.05) is 0 Å². The molecular formula is C19H15F4N3O2. The first kappa shape index (κ1) is 19.5. The molecule has 2 heterocycles. The van der Waals surface area contributed by atoms with Crippen LogP contribution in [0.3, 0.4) is 0 Å². The molecule has 1 aromatic carbocycles. The number of ether oxygens (including phenoxy) is 1. The van der Waals surface area contributed by atoms with E-state index in [1.54, 1.807) is 19.1 Å². The van der Waals surface area contributed by atoms with Gasteiger partial charge in [-0.05, 0) is 49.7 Å². The van der Waals surface area contributed by atoms with Crippen LogP contribution < -0.4 is 0 Å². The van der Waals surface area contributed by atoms with Crippen molar-refractivity contribution in [1.82, 2.24) is 14.8 Å². The molecule has 0 amide bonds. The Balaban J connectivity index is 2.24. The average molecular weight is 393 g/mol. The fourth-order valence-electron chi connectivity index (χ4n) is 2.68. The molecule has 3 aromatic rings. The summed E-state index contributed by atoms with van der Waals surface area (Å²) < 4.78 is 59.8. The predicted octanol–water partition coefficient (Wildman–Crippen LogP) is 4.58. The second-order valence-electron chi connectivity index (χ2n) is 5.91. The van der Waals surface area contributed by atoms with E-state index in [4.69, 9.17) is 4.74 Å². The number of pyridine rings is 1. The van der Waals surface area contributed by atoms with E-state index >= 15 is 0 Å². The lowest BCUT2D eigenvalue weighted by Gasteiger charge is -2.14. The maximum absolute atomic E-state index is 14.0. The fraction of sp³-hybridized carbons (Fsp3) is 0.211. The molecule has 0 atom stereocenters. The van der Waals surface area contributed by atoms with Crippen LogP contribution in [0.1, 0.15) is 28.5 Å². The Kier molecular flexibility index (Phi) is 5.17. The Morgan fingerprint density at radius 1 is 1.25 bits per heavy atom. The minimum absolute atomic E-state index is 0.0411. The van der Waals surface area contributed by atoms with Crippen molar-refractivity contribution in [2.75, 3.05) is 6.61 Å². The minimum atomic E-state index is -4.88. The summed E-state index contributed by atoms with van der Waals surface area (Å²) in [5, 5.41) is 4.09. The van der Waals surface area contributed by atoms with Crippen LogP contribution in [0.25, 0.3) is 16.9 Å². The molecule has 0 N–H and O–H groups in total. The zero-order valence-electron chi connectivity index (χ0n) is 14.9. The summed E-state index contributed by atoms with van der Waals surface area (Å²) >= 11 is 0. The zero-order valence-corrected chi connectivity index (χ0v) is 14.9. The maximum atomic E-state index is 14.0. The number of hydrogen-bond acceptors (Lipinski definition) is 4. The number of aryl methyl sites for hydroxylation is 1. The Labute approximate surface area is 157 Å². The van der Waals surface area contributed by atoms with E-state index < -0.39 is 23.5 Å². The van der Waals surface area contributed by atoms with Gasteiger partial charge in [0.25, 0.3) is 0 Å². The molecule has 0 bridgehead atoms. The number of benzene rings is 1. The molecule has 0 saturated carbocycles. The topological polar surface area (TPSA) is 57.0 Å². The SMILES string of the molecule is CCOC(=O)c1cc(-c2cccnc2)n(-c2cc(C)c(F)c(C(F)(F)F)c2)n1. The molecule has 0 spiro atoms. The van der Waals surface area contributed by atoms with Gasteiger partial charge < -0.3 is 4.74 Å². The van der Waals surface area contributed by atoms with E-state index in [0.29, 0.717) is 17.3 Å². The van der Waals surface area contributed by atoms with Crippen molar-refractivity contribution in [3.05, 3.63) is 65.4 Å².